The summed E-state index contributed by atoms with van der Waals surface area (Å²) in [6, 6.07) is 15.1. The molecule has 1 N–H and O–H groups in total. The minimum absolute atomic E-state index is 0.0235. The average Bonchev–Trinajstić information content (AvgIpc) is 3.18. The van der Waals surface area contributed by atoms with E-state index in [0.717, 1.165) is 23.4 Å². The number of hydrogen-bond acceptors (Lipinski definition) is 6. The van der Waals surface area contributed by atoms with Crippen molar-refractivity contribution in [2.75, 3.05) is 12.5 Å². The fraction of sp³-hybridized carbons (Fsp3) is 0.280. The summed E-state index contributed by atoms with van der Waals surface area (Å²) in [5.74, 6) is 0.185. The van der Waals surface area contributed by atoms with Gasteiger partial charge >= 0.3 is 6.18 Å². The van der Waals surface area contributed by atoms with Crippen LogP contribution in [-0.2, 0) is 52.0 Å². The van der Waals surface area contributed by atoms with Crippen LogP contribution in [0.2, 0.25) is 0 Å². The number of hydrogen-bond donors (Lipinski definition) is 1. The molecule has 1 aliphatic rings. The van der Waals surface area contributed by atoms with Gasteiger partial charge in [0.1, 0.15) is 17.3 Å². The second-order valence-electron chi connectivity index (χ2n) is 8.96. The number of alkyl halides is 3. The Morgan fingerprint density at radius 1 is 0.889 bits per heavy atom. The van der Waals surface area contributed by atoms with Gasteiger partial charge in [-0.05, 0) is 58.7 Å². The maximum Gasteiger partial charge on any atom is 0.416 e. The van der Waals surface area contributed by atoms with E-state index in [1.54, 1.807) is 36.4 Å². The molecule has 1 aliphatic heterocycles. The van der Waals surface area contributed by atoms with E-state index in [1.807, 2.05) is 4.90 Å². The molecule has 0 saturated carbocycles. The average molecular weight is 539 g/mol. The van der Waals surface area contributed by atoms with Crippen LogP contribution in [0.15, 0.2) is 70.5 Å². The van der Waals surface area contributed by atoms with Crippen LogP contribution in [0.1, 0.15) is 27.8 Å². The molecule has 1 unspecified atom stereocenters. The predicted molar refractivity (Wildman–Crippen MR) is 130 cm³/mol. The zero-order valence-corrected chi connectivity index (χ0v) is 21.3. The highest BCUT2D eigenvalue weighted by molar-refractivity contribution is 7.91. The molecule has 3 aromatic carbocycles. The van der Waals surface area contributed by atoms with Crippen LogP contribution < -0.4 is 4.74 Å². The van der Waals surface area contributed by atoms with Gasteiger partial charge in [-0.2, -0.15) is 13.2 Å². The van der Waals surface area contributed by atoms with E-state index < -0.39 is 31.3 Å². The number of benzene rings is 3. The first kappa shape index (κ1) is 26.2. The molecule has 0 bridgehead atoms. The highest BCUT2D eigenvalue weighted by atomic mass is 32.2. The number of sulfone groups is 1. The highest BCUT2D eigenvalue weighted by Gasteiger charge is 2.32. The van der Waals surface area contributed by atoms with Crippen LogP contribution in [0.25, 0.3) is 0 Å². The van der Waals surface area contributed by atoms with E-state index in [9.17, 15) is 25.8 Å². The first-order valence-corrected chi connectivity index (χ1v) is 14.8. The number of halogens is 3. The van der Waals surface area contributed by atoms with Gasteiger partial charge in [0.05, 0.1) is 15.3 Å². The molecule has 0 fully saturated rings. The number of nitrogens with one attached hydrogen (secondary N) is 1. The second kappa shape index (κ2) is 9.53. The highest BCUT2D eigenvalue weighted by Crippen LogP contribution is 2.34. The predicted octanol–water partition coefficient (Wildman–Crippen LogP) is 5.24. The zero-order valence-electron chi connectivity index (χ0n) is 19.6. The summed E-state index contributed by atoms with van der Waals surface area (Å²) in [7, 11) is -6.45. The van der Waals surface area contributed by atoms with Crippen molar-refractivity contribution in [3.63, 3.8) is 0 Å². The largest absolute Gasteiger partial charge is 0.488 e. The number of ether oxygens (including phenoxy) is 1. The molecule has 0 spiro atoms. The molecule has 1 atom stereocenters. The summed E-state index contributed by atoms with van der Waals surface area (Å²) >= 11 is 0. The van der Waals surface area contributed by atoms with Crippen LogP contribution in [0.4, 0.5) is 13.2 Å². The Balaban J connectivity index is 1.48. The molecule has 6 nitrogen and oxygen atoms in total. The molecule has 3 aromatic rings. The van der Waals surface area contributed by atoms with Gasteiger partial charge in [0, 0.05) is 37.0 Å². The van der Waals surface area contributed by atoms with Gasteiger partial charge in [0.15, 0.2) is 9.84 Å². The standard InChI is InChI=1S/C25H25F3N2O4S2/c1-35(29,31)22-8-3-17(4-9-22)16-34-23-10-5-18(11-24(23)36(2,32)33)13-30-14-19-6-7-21(25(26,27)28)12-20(19)15-30/h3-12,29H,13-16H2,1-2H3. The summed E-state index contributed by atoms with van der Waals surface area (Å²) in [4.78, 5) is 2.37. The third kappa shape index (κ3) is 6.08. The lowest BCUT2D eigenvalue weighted by Crippen LogP contribution is -2.16. The Bertz CT molecular complexity index is 1500. The topological polar surface area (TPSA) is 87.5 Å². The Morgan fingerprint density at radius 2 is 1.53 bits per heavy atom. The number of fused-ring (bicyclic) bond motifs is 1. The smallest absolute Gasteiger partial charge is 0.416 e. The molecule has 0 aromatic heterocycles. The van der Waals surface area contributed by atoms with Gasteiger partial charge in [-0.1, -0.05) is 24.3 Å². The molecule has 1 heterocycles. The van der Waals surface area contributed by atoms with E-state index in [0.29, 0.717) is 35.7 Å². The molecule has 11 heteroatoms. The summed E-state index contributed by atoms with van der Waals surface area (Å²) in [6.45, 7) is 1.25. The molecule has 0 amide bonds. The Morgan fingerprint density at radius 3 is 2.14 bits per heavy atom. The lowest BCUT2D eigenvalue weighted by Gasteiger charge is -2.17. The first-order chi connectivity index (χ1) is 16.7. The van der Waals surface area contributed by atoms with Crippen molar-refractivity contribution >= 4 is 19.6 Å². The van der Waals surface area contributed by atoms with Crippen molar-refractivity contribution < 1.29 is 30.5 Å². The number of nitrogens with zero attached hydrogens (tertiary/aromatic N) is 1. The van der Waals surface area contributed by atoms with Crippen molar-refractivity contribution in [3.05, 3.63) is 88.5 Å². The van der Waals surface area contributed by atoms with Gasteiger partial charge in [0.2, 0.25) is 0 Å². The van der Waals surface area contributed by atoms with E-state index >= 15 is 0 Å². The zero-order chi connectivity index (χ0) is 26.3. The normalized spacial score (nSPS) is 15.9. The molecule has 0 radical (unpaired) electrons. The van der Waals surface area contributed by atoms with Crippen molar-refractivity contribution in [2.45, 2.75) is 42.2 Å². The summed E-state index contributed by atoms with van der Waals surface area (Å²) in [5.41, 5.74) is 2.18. The van der Waals surface area contributed by atoms with Crippen molar-refractivity contribution in [1.82, 2.24) is 4.90 Å². The van der Waals surface area contributed by atoms with Gasteiger partial charge in [-0.25, -0.2) is 17.4 Å². The van der Waals surface area contributed by atoms with Crippen LogP contribution in [0.3, 0.4) is 0 Å². The van der Waals surface area contributed by atoms with E-state index in [1.165, 1.54) is 24.5 Å². The van der Waals surface area contributed by atoms with Gasteiger partial charge < -0.3 is 4.74 Å². The molecule has 192 valence electrons. The number of rotatable bonds is 7. The van der Waals surface area contributed by atoms with Crippen molar-refractivity contribution in [3.8, 4) is 5.75 Å². The fourth-order valence-corrected chi connectivity index (χ4v) is 5.59. The maximum absolute atomic E-state index is 13.0. The van der Waals surface area contributed by atoms with E-state index in [-0.39, 0.29) is 17.3 Å². The van der Waals surface area contributed by atoms with Gasteiger partial charge in [-0.3, -0.25) is 4.90 Å². The summed E-state index contributed by atoms with van der Waals surface area (Å²) in [5, 5.41) is 0. The fourth-order valence-electron chi connectivity index (χ4n) is 4.08. The van der Waals surface area contributed by atoms with Crippen molar-refractivity contribution in [2.24, 2.45) is 0 Å². The quantitative estimate of drug-likeness (QED) is 0.445. The molecular formula is C25H25F3N2O4S2. The summed E-state index contributed by atoms with van der Waals surface area (Å²) in [6.07, 6.45) is -1.98. The monoisotopic (exact) mass is 538 g/mol. The molecular weight excluding hydrogens is 513 g/mol. The molecule has 0 saturated heterocycles. The van der Waals surface area contributed by atoms with E-state index in [4.69, 9.17) is 9.52 Å². The Labute approximate surface area is 208 Å². The second-order valence-corrected chi connectivity index (χ2v) is 13.1. The molecule has 4 rings (SSSR count). The lowest BCUT2D eigenvalue weighted by atomic mass is 10.1. The third-order valence-corrected chi connectivity index (χ3v) is 8.19. The van der Waals surface area contributed by atoms with Crippen LogP contribution in [0, 0.1) is 4.78 Å². The Kier molecular flexibility index (Phi) is 6.93. The van der Waals surface area contributed by atoms with Gasteiger partial charge in [0.25, 0.3) is 0 Å². The summed E-state index contributed by atoms with van der Waals surface area (Å²) < 4.78 is 89.3. The van der Waals surface area contributed by atoms with Crippen LogP contribution in [0.5, 0.6) is 5.75 Å². The first-order valence-electron chi connectivity index (χ1n) is 10.9. The lowest BCUT2D eigenvalue weighted by molar-refractivity contribution is -0.137. The molecule has 36 heavy (non-hydrogen) atoms. The van der Waals surface area contributed by atoms with Crippen LogP contribution in [-0.4, -0.2) is 30.0 Å². The third-order valence-electron chi connectivity index (χ3n) is 5.90. The minimum Gasteiger partial charge on any atom is -0.488 e. The van der Waals surface area contributed by atoms with E-state index in [2.05, 4.69) is 0 Å². The molecule has 0 aliphatic carbocycles. The maximum atomic E-state index is 13.0. The van der Waals surface area contributed by atoms with Gasteiger partial charge in [-0.15, -0.1) is 0 Å². The Hall–Kier alpha value is -2.89. The SMILES string of the molecule is CS(=N)(=O)c1ccc(COc2ccc(CN3Cc4ccc(C(F)(F)F)cc4C3)cc2S(C)(=O)=O)cc1. The minimum atomic E-state index is -4.40. The van der Waals surface area contributed by atoms with Crippen LogP contribution >= 0.6 is 0 Å². The van der Waals surface area contributed by atoms with Crippen molar-refractivity contribution in [1.29, 1.82) is 4.78 Å².